The van der Waals surface area contributed by atoms with E-state index in [1.165, 1.54) is 0 Å². The van der Waals surface area contributed by atoms with Gasteiger partial charge in [0.05, 0.1) is 5.02 Å². The molecule has 2 nitrogen and oxygen atoms in total. The number of carbonyl (C=O) groups excluding carboxylic acids is 1. The summed E-state index contributed by atoms with van der Waals surface area (Å²) in [5.74, 6) is -0.00988. The summed E-state index contributed by atoms with van der Waals surface area (Å²) in [5, 5.41) is 0.951. The zero-order valence-corrected chi connectivity index (χ0v) is 11.7. The van der Waals surface area contributed by atoms with Gasteiger partial charge in [-0.1, -0.05) is 35.3 Å². The fourth-order valence-electron chi connectivity index (χ4n) is 1.79. The highest BCUT2D eigenvalue weighted by atomic mass is 35.5. The van der Waals surface area contributed by atoms with E-state index in [2.05, 4.69) is 0 Å². The Bertz CT molecular complexity index is 594. The Morgan fingerprint density at radius 3 is 2.42 bits per heavy atom. The molecule has 0 heterocycles. The van der Waals surface area contributed by atoms with Crippen LogP contribution >= 0.6 is 23.2 Å². The monoisotopic (exact) mass is 293 g/mol. The molecule has 4 heteroatoms. The number of anilines is 1. The number of rotatable bonds is 4. The Morgan fingerprint density at radius 2 is 1.74 bits per heavy atom. The average molecular weight is 294 g/mol. The average Bonchev–Trinajstić information content (AvgIpc) is 2.40. The lowest BCUT2D eigenvalue weighted by Gasteiger charge is -2.05. The van der Waals surface area contributed by atoms with Crippen molar-refractivity contribution in [2.24, 2.45) is 0 Å². The van der Waals surface area contributed by atoms with Gasteiger partial charge in [-0.05, 0) is 42.3 Å². The molecule has 0 unspecified atom stereocenters. The van der Waals surface area contributed by atoms with Crippen molar-refractivity contribution in [3.8, 4) is 0 Å². The van der Waals surface area contributed by atoms with Crippen molar-refractivity contribution in [2.75, 3.05) is 5.73 Å². The van der Waals surface area contributed by atoms with E-state index in [-0.39, 0.29) is 5.78 Å². The molecule has 0 aliphatic heterocycles. The molecule has 98 valence electrons. The van der Waals surface area contributed by atoms with E-state index < -0.39 is 0 Å². The maximum Gasteiger partial charge on any atom is 0.164 e. The second kappa shape index (κ2) is 6.09. The Kier molecular flexibility index (Phi) is 4.46. The van der Waals surface area contributed by atoms with Gasteiger partial charge in [0.25, 0.3) is 0 Å². The van der Waals surface area contributed by atoms with Crippen LogP contribution in [0.5, 0.6) is 0 Å². The molecule has 0 aliphatic rings. The van der Waals surface area contributed by atoms with Crippen molar-refractivity contribution in [1.29, 1.82) is 0 Å². The van der Waals surface area contributed by atoms with Gasteiger partial charge in [0.2, 0.25) is 0 Å². The minimum absolute atomic E-state index is 0.00988. The number of hydrogen-bond donors (Lipinski definition) is 1. The van der Waals surface area contributed by atoms with Gasteiger partial charge in [-0.3, -0.25) is 4.79 Å². The maximum atomic E-state index is 12.1. The summed E-state index contributed by atoms with van der Waals surface area (Å²) in [6.07, 6.45) is 1.05. The van der Waals surface area contributed by atoms with Crippen LogP contribution in [0, 0.1) is 0 Å². The molecular formula is C15H13Cl2NO. The Morgan fingerprint density at radius 1 is 1.05 bits per heavy atom. The lowest BCUT2D eigenvalue weighted by atomic mass is 10.0. The lowest BCUT2D eigenvalue weighted by Crippen LogP contribution is -2.02. The standard InChI is InChI=1S/C15H13Cl2NO/c16-11-4-7-14(17)13(9-11)15(19)8-3-10-1-5-12(18)6-2-10/h1-2,4-7,9H,3,8,18H2. The number of aryl methyl sites for hydroxylation is 1. The highest BCUT2D eigenvalue weighted by Crippen LogP contribution is 2.22. The van der Waals surface area contributed by atoms with Crippen LogP contribution in [0.25, 0.3) is 0 Å². The summed E-state index contributed by atoms with van der Waals surface area (Å²) < 4.78 is 0. The van der Waals surface area contributed by atoms with Gasteiger partial charge < -0.3 is 5.73 Å². The summed E-state index contributed by atoms with van der Waals surface area (Å²) in [6.45, 7) is 0. The molecule has 2 rings (SSSR count). The van der Waals surface area contributed by atoms with E-state index in [1.807, 2.05) is 24.3 Å². The Hall–Kier alpha value is -1.51. The first-order valence-electron chi connectivity index (χ1n) is 5.89. The van der Waals surface area contributed by atoms with E-state index in [4.69, 9.17) is 28.9 Å². The molecule has 0 fully saturated rings. The number of benzene rings is 2. The van der Waals surface area contributed by atoms with Gasteiger partial charge in [0.15, 0.2) is 5.78 Å². The molecule has 0 spiro atoms. The number of nitrogens with two attached hydrogens (primary N) is 1. The predicted octanol–water partition coefficient (Wildman–Crippen LogP) is 4.39. The summed E-state index contributed by atoms with van der Waals surface area (Å²) in [5.41, 5.74) is 7.87. The molecule has 0 aromatic heterocycles. The minimum Gasteiger partial charge on any atom is -0.399 e. The number of halogens is 2. The van der Waals surface area contributed by atoms with Gasteiger partial charge in [0.1, 0.15) is 0 Å². The highest BCUT2D eigenvalue weighted by molar-refractivity contribution is 6.35. The third-order valence-electron chi connectivity index (χ3n) is 2.85. The molecule has 0 atom stereocenters. The number of Topliss-reactive ketones (excluding diaryl/α,β-unsaturated/α-hetero) is 1. The first-order chi connectivity index (χ1) is 9.06. The van der Waals surface area contributed by atoms with Crippen molar-refractivity contribution in [3.63, 3.8) is 0 Å². The number of carbonyl (C=O) groups is 1. The van der Waals surface area contributed by atoms with Gasteiger partial charge >= 0.3 is 0 Å². The number of nitrogen functional groups attached to an aromatic ring is 1. The molecule has 0 aliphatic carbocycles. The molecule has 0 saturated heterocycles. The van der Waals surface area contributed by atoms with Crippen molar-refractivity contribution >= 4 is 34.7 Å². The second-order valence-corrected chi connectivity index (χ2v) is 5.13. The van der Waals surface area contributed by atoms with Crippen molar-refractivity contribution < 1.29 is 4.79 Å². The molecule has 2 aromatic rings. The number of ketones is 1. The van der Waals surface area contributed by atoms with Gasteiger partial charge in [0, 0.05) is 22.7 Å². The molecule has 2 N–H and O–H groups in total. The largest absolute Gasteiger partial charge is 0.399 e. The molecule has 0 amide bonds. The third kappa shape index (κ3) is 3.72. The third-order valence-corrected chi connectivity index (χ3v) is 3.41. The van der Waals surface area contributed by atoms with Crippen molar-refractivity contribution in [2.45, 2.75) is 12.8 Å². The smallest absolute Gasteiger partial charge is 0.164 e. The molecular weight excluding hydrogens is 281 g/mol. The summed E-state index contributed by atoms with van der Waals surface area (Å²) in [7, 11) is 0. The van der Waals surface area contributed by atoms with Crippen molar-refractivity contribution in [3.05, 3.63) is 63.6 Å². The van der Waals surface area contributed by atoms with E-state index in [1.54, 1.807) is 18.2 Å². The van der Waals surface area contributed by atoms with Crippen LogP contribution in [0.3, 0.4) is 0 Å². The zero-order chi connectivity index (χ0) is 13.8. The zero-order valence-electron chi connectivity index (χ0n) is 10.2. The Balaban J connectivity index is 2.05. The van der Waals surface area contributed by atoms with E-state index in [9.17, 15) is 4.79 Å². The van der Waals surface area contributed by atoms with E-state index >= 15 is 0 Å². The van der Waals surface area contributed by atoms with Crippen LogP contribution in [-0.4, -0.2) is 5.78 Å². The number of hydrogen-bond acceptors (Lipinski definition) is 2. The van der Waals surface area contributed by atoms with E-state index in [0.29, 0.717) is 34.1 Å². The first kappa shape index (κ1) is 13.9. The van der Waals surface area contributed by atoms with Gasteiger partial charge in [-0.15, -0.1) is 0 Å². The fourth-order valence-corrected chi connectivity index (χ4v) is 2.18. The lowest BCUT2D eigenvalue weighted by molar-refractivity contribution is 0.0983. The molecule has 19 heavy (non-hydrogen) atoms. The summed E-state index contributed by atoms with van der Waals surface area (Å²) in [6, 6.07) is 12.4. The minimum atomic E-state index is -0.00988. The van der Waals surface area contributed by atoms with Crippen LogP contribution in [0.4, 0.5) is 5.69 Å². The second-order valence-electron chi connectivity index (χ2n) is 4.29. The maximum absolute atomic E-state index is 12.1. The molecule has 0 saturated carbocycles. The normalized spacial score (nSPS) is 10.4. The van der Waals surface area contributed by atoms with Gasteiger partial charge in [-0.2, -0.15) is 0 Å². The van der Waals surface area contributed by atoms with Gasteiger partial charge in [-0.25, -0.2) is 0 Å². The van der Waals surface area contributed by atoms with Crippen LogP contribution in [0.1, 0.15) is 22.3 Å². The fraction of sp³-hybridized carbons (Fsp3) is 0.133. The van der Waals surface area contributed by atoms with Crippen LogP contribution in [0.15, 0.2) is 42.5 Å². The molecule has 0 bridgehead atoms. The summed E-state index contributed by atoms with van der Waals surface area (Å²) in [4.78, 5) is 12.1. The first-order valence-corrected chi connectivity index (χ1v) is 6.64. The van der Waals surface area contributed by atoms with E-state index in [0.717, 1.165) is 5.56 Å². The van der Waals surface area contributed by atoms with Crippen LogP contribution in [-0.2, 0) is 6.42 Å². The Labute approximate surface area is 122 Å². The SMILES string of the molecule is Nc1ccc(CCC(=O)c2cc(Cl)ccc2Cl)cc1. The van der Waals surface area contributed by atoms with Crippen molar-refractivity contribution in [1.82, 2.24) is 0 Å². The molecule has 2 aromatic carbocycles. The van der Waals surface area contributed by atoms with Crippen LogP contribution < -0.4 is 5.73 Å². The molecule has 0 radical (unpaired) electrons. The predicted molar refractivity (Wildman–Crippen MR) is 80.0 cm³/mol. The highest BCUT2D eigenvalue weighted by Gasteiger charge is 2.11. The summed E-state index contributed by atoms with van der Waals surface area (Å²) >= 11 is 11.9. The van der Waals surface area contributed by atoms with Crippen LogP contribution in [0.2, 0.25) is 10.0 Å². The quantitative estimate of drug-likeness (QED) is 0.671. The topological polar surface area (TPSA) is 43.1 Å².